The molecule has 2 N–H and O–H groups in total. The highest BCUT2D eigenvalue weighted by Gasteiger charge is 2.33. The van der Waals surface area contributed by atoms with Gasteiger partial charge in [0.15, 0.2) is 0 Å². The predicted molar refractivity (Wildman–Crippen MR) is 93.8 cm³/mol. The maximum absolute atomic E-state index is 10.9. The molecule has 0 heterocycles. The molecule has 24 heavy (non-hydrogen) atoms. The molecule has 2 saturated carbocycles. The van der Waals surface area contributed by atoms with Crippen molar-refractivity contribution in [2.75, 3.05) is 13.6 Å². The second-order valence-corrected chi connectivity index (χ2v) is 7.34. The maximum Gasteiger partial charge on any atom is 0.295 e. The highest BCUT2D eigenvalue weighted by molar-refractivity contribution is 5.43. The Morgan fingerprint density at radius 3 is 2.25 bits per heavy atom. The van der Waals surface area contributed by atoms with Crippen molar-refractivity contribution in [3.05, 3.63) is 34.9 Å². The monoisotopic (exact) mass is 331 g/mol. The lowest BCUT2D eigenvalue weighted by Crippen LogP contribution is -2.39. The van der Waals surface area contributed by atoms with Gasteiger partial charge in [-0.3, -0.25) is 4.79 Å². The lowest BCUT2D eigenvalue weighted by Gasteiger charge is -2.29. The molecule has 4 nitrogen and oxygen atoms in total. The summed E-state index contributed by atoms with van der Waals surface area (Å²) < 4.78 is 5.05. The zero-order chi connectivity index (χ0) is 17.0. The Hall–Kier alpha value is -1.39. The van der Waals surface area contributed by atoms with E-state index in [1.165, 1.54) is 62.5 Å². The SMILES string of the molecule is CNCC(O)(OC=O)c1ccc(C2CCCC2)c(C2CCCC2)c1. The van der Waals surface area contributed by atoms with Gasteiger partial charge in [-0.15, -0.1) is 0 Å². The Kier molecular flexibility index (Phi) is 5.57. The van der Waals surface area contributed by atoms with Gasteiger partial charge in [0, 0.05) is 5.56 Å². The van der Waals surface area contributed by atoms with Gasteiger partial charge in [0.05, 0.1) is 6.54 Å². The third-order valence-corrected chi connectivity index (χ3v) is 5.79. The predicted octanol–water partition coefficient (Wildman–Crippen LogP) is 3.54. The van der Waals surface area contributed by atoms with Crippen LogP contribution in [0.3, 0.4) is 0 Å². The second kappa shape index (κ2) is 7.66. The fourth-order valence-electron chi connectivity index (χ4n) is 4.55. The molecule has 0 aromatic heterocycles. The molecule has 0 bridgehead atoms. The van der Waals surface area contributed by atoms with Gasteiger partial charge >= 0.3 is 0 Å². The number of carbonyl (C=O) groups is 1. The van der Waals surface area contributed by atoms with Gasteiger partial charge < -0.3 is 15.2 Å². The molecular formula is C20H29NO3. The lowest BCUT2D eigenvalue weighted by atomic mass is 9.83. The van der Waals surface area contributed by atoms with E-state index in [1.54, 1.807) is 7.05 Å². The van der Waals surface area contributed by atoms with Gasteiger partial charge in [-0.1, -0.05) is 37.8 Å². The van der Waals surface area contributed by atoms with Crippen molar-refractivity contribution in [2.45, 2.75) is 69.0 Å². The Bertz CT molecular complexity index is 562. The summed E-state index contributed by atoms with van der Waals surface area (Å²) in [5.41, 5.74) is 3.51. The first kappa shape index (κ1) is 17.4. The van der Waals surface area contributed by atoms with E-state index in [9.17, 15) is 9.90 Å². The number of rotatable bonds is 7. The van der Waals surface area contributed by atoms with Gasteiger partial charge in [-0.25, -0.2) is 0 Å². The molecule has 4 heteroatoms. The van der Waals surface area contributed by atoms with Crippen molar-refractivity contribution in [1.82, 2.24) is 5.32 Å². The van der Waals surface area contributed by atoms with E-state index in [0.717, 1.165) is 0 Å². The number of hydrogen-bond acceptors (Lipinski definition) is 4. The molecule has 1 atom stereocenters. The molecule has 1 unspecified atom stereocenters. The Morgan fingerprint density at radius 1 is 1.12 bits per heavy atom. The molecule has 0 saturated heterocycles. The molecule has 0 spiro atoms. The number of likely N-dealkylation sites (N-methyl/N-ethyl adjacent to an activating group) is 1. The first-order chi connectivity index (χ1) is 11.7. The summed E-state index contributed by atoms with van der Waals surface area (Å²) in [4.78, 5) is 10.9. The number of hydrogen-bond donors (Lipinski definition) is 2. The Labute approximate surface area is 144 Å². The molecule has 3 rings (SSSR count). The zero-order valence-corrected chi connectivity index (χ0v) is 14.6. The normalized spacial score (nSPS) is 21.8. The molecule has 132 valence electrons. The first-order valence-electron chi connectivity index (χ1n) is 9.30. The maximum atomic E-state index is 10.9. The molecular weight excluding hydrogens is 302 g/mol. The fourth-order valence-corrected chi connectivity index (χ4v) is 4.55. The smallest absolute Gasteiger partial charge is 0.295 e. The first-order valence-corrected chi connectivity index (χ1v) is 9.30. The van der Waals surface area contributed by atoms with Gasteiger partial charge in [0.1, 0.15) is 0 Å². The van der Waals surface area contributed by atoms with Crippen LogP contribution in [0.5, 0.6) is 0 Å². The summed E-state index contributed by atoms with van der Waals surface area (Å²) in [6.07, 6.45) is 10.2. The summed E-state index contributed by atoms with van der Waals surface area (Å²) in [5, 5.41) is 13.7. The molecule has 0 amide bonds. The van der Waals surface area contributed by atoms with Gasteiger partial charge in [-0.05, 0) is 61.8 Å². The molecule has 1 aromatic carbocycles. The van der Waals surface area contributed by atoms with E-state index in [-0.39, 0.29) is 6.54 Å². The summed E-state index contributed by atoms with van der Waals surface area (Å²) in [6, 6.07) is 6.21. The van der Waals surface area contributed by atoms with Crippen molar-refractivity contribution in [2.24, 2.45) is 0 Å². The van der Waals surface area contributed by atoms with Crippen LogP contribution >= 0.6 is 0 Å². The highest BCUT2D eigenvalue weighted by atomic mass is 16.6. The van der Waals surface area contributed by atoms with Crippen LogP contribution in [0, 0.1) is 0 Å². The van der Waals surface area contributed by atoms with E-state index >= 15 is 0 Å². The van der Waals surface area contributed by atoms with Crippen molar-refractivity contribution >= 4 is 6.47 Å². The summed E-state index contributed by atoms with van der Waals surface area (Å²) in [5.74, 6) is -0.368. The number of ether oxygens (including phenoxy) is 1. The number of benzene rings is 1. The van der Waals surface area contributed by atoms with E-state index < -0.39 is 5.79 Å². The van der Waals surface area contributed by atoms with Crippen LogP contribution in [0.2, 0.25) is 0 Å². The summed E-state index contributed by atoms with van der Waals surface area (Å²) >= 11 is 0. The quantitative estimate of drug-likeness (QED) is 0.593. The number of nitrogens with one attached hydrogen (secondary N) is 1. The standard InChI is InChI=1S/C20H29NO3/c1-21-13-20(23,24-14-22)17-10-11-18(15-6-2-3-7-15)19(12-17)16-8-4-5-9-16/h10-12,14-16,21,23H,2-9,13H2,1H3. The van der Waals surface area contributed by atoms with Crippen LogP contribution < -0.4 is 5.32 Å². The number of aliphatic hydroxyl groups is 1. The molecule has 0 radical (unpaired) electrons. The zero-order valence-electron chi connectivity index (χ0n) is 14.6. The van der Waals surface area contributed by atoms with E-state index in [0.29, 0.717) is 23.9 Å². The fraction of sp³-hybridized carbons (Fsp3) is 0.650. The Morgan fingerprint density at radius 2 is 1.71 bits per heavy atom. The van der Waals surface area contributed by atoms with Crippen LogP contribution in [-0.2, 0) is 15.3 Å². The van der Waals surface area contributed by atoms with Crippen LogP contribution in [0.1, 0.15) is 79.9 Å². The van der Waals surface area contributed by atoms with E-state index in [1.807, 2.05) is 6.07 Å². The van der Waals surface area contributed by atoms with Crippen LogP contribution in [0.4, 0.5) is 0 Å². The van der Waals surface area contributed by atoms with Crippen molar-refractivity contribution < 1.29 is 14.6 Å². The van der Waals surface area contributed by atoms with E-state index in [2.05, 4.69) is 17.4 Å². The van der Waals surface area contributed by atoms with Gasteiger partial charge in [0.25, 0.3) is 6.47 Å². The topological polar surface area (TPSA) is 58.6 Å². The van der Waals surface area contributed by atoms with Crippen LogP contribution in [0.25, 0.3) is 0 Å². The summed E-state index contributed by atoms with van der Waals surface area (Å²) in [7, 11) is 1.74. The van der Waals surface area contributed by atoms with E-state index in [4.69, 9.17) is 4.74 Å². The minimum atomic E-state index is -1.60. The minimum Gasteiger partial charge on any atom is -0.430 e. The Balaban J connectivity index is 1.99. The average molecular weight is 331 g/mol. The highest BCUT2D eigenvalue weighted by Crippen LogP contribution is 2.43. The summed E-state index contributed by atoms with van der Waals surface area (Å²) in [6.45, 7) is 0.510. The van der Waals surface area contributed by atoms with Crippen LogP contribution in [0.15, 0.2) is 18.2 Å². The average Bonchev–Trinajstić information content (AvgIpc) is 3.28. The second-order valence-electron chi connectivity index (χ2n) is 7.34. The third-order valence-electron chi connectivity index (χ3n) is 5.79. The van der Waals surface area contributed by atoms with Crippen molar-refractivity contribution in [1.29, 1.82) is 0 Å². The third kappa shape index (κ3) is 3.50. The van der Waals surface area contributed by atoms with Gasteiger partial charge in [-0.2, -0.15) is 0 Å². The van der Waals surface area contributed by atoms with Crippen molar-refractivity contribution in [3.63, 3.8) is 0 Å². The van der Waals surface area contributed by atoms with Gasteiger partial charge in [0.2, 0.25) is 5.79 Å². The molecule has 1 aromatic rings. The number of carbonyl (C=O) groups excluding carboxylic acids is 1. The molecule has 2 aliphatic rings. The molecule has 2 aliphatic carbocycles. The van der Waals surface area contributed by atoms with Crippen LogP contribution in [-0.4, -0.2) is 25.2 Å². The largest absolute Gasteiger partial charge is 0.430 e. The van der Waals surface area contributed by atoms with Crippen molar-refractivity contribution in [3.8, 4) is 0 Å². The molecule has 2 fully saturated rings. The molecule has 0 aliphatic heterocycles. The minimum absolute atomic E-state index is 0.179. The lowest BCUT2D eigenvalue weighted by molar-refractivity contribution is -0.199.